The highest BCUT2D eigenvalue weighted by Gasteiger charge is 2.55. The molecule has 0 aliphatic rings. The molecule has 1 amide bonds. The summed E-state index contributed by atoms with van der Waals surface area (Å²) < 4.78 is 40.0. The van der Waals surface area contributed by atoms with Gasteiger partial charge in [0.15, 0.2) is 0 Å². The van der Waals surface area contributed by atoms with E-state index in [2.05, 4.69) is 5.32 Å². The van der Waals surface area contributed by atoms with Crippen LogP contribution in [-0.2, 0) is 5.60 Å². The van der Waals surface area contributed by atoms with Crippen LogP contribution in [0, 0.1) is 0 Å². The molecule has 2 aromatic carbocycles. The Hall–Kier alpha value is -1.76. The number of alkyl halides is 3. The molecule has 3 nitrogen and oxygen atoms in total. The van der Waals surface area contributed by atoms with Gasteiger partial charge in [0.2, 0.25) is 5.60 Å². The molecule has 1 unspecified atom stereocenters. The van der Waals surface area contributed by atoms with Crippen LogP contribution >= 0.6 is 23.2 Å². The van der Waals surface area contributed by atoms with Crippen LogP contribution in [0.15, 0.2) is 48.5 Å². The van der Waals surface area contributed by atoms with E-state index in [0.717, 1.165) is 12.1 Å². The summed E-state index contributed by atoms with van der Waals surface area (Å²) >= 11 is 11.6. The summed E-state index contributed by atoms with van der Waals surface area (Å²) in [4.78, 5) is 12.1. The molecule has 24 heavy (non-hydrogen) atoms. The van der Waals surface area contributed by atoms with E-state index in [1.165, 1.54) is 36.4 Å². The first-order valence-electron chi connectivity index (χ1n) is 6.73. The Kier molecular flexibility index (Phi) is 5.42. The number of carbonyl (C=O) groups is 1. The number of benzene rings is 2. The van der Waals surface area contributed by atoms with E-state index in [1.54, 1.807) is 0 Å². The fraction of sp³-hybridized carbons (Fsp3) is 0.188. The van der Waals surface area contributed by atoms with Gasteiger partial charge in [-0.15, -0.1) is 0 Å². The lowest BCUT2D eigenvalue weighted by atomic mass is 9.93. The van der Waals surface area contributed by atoms with Crippen LogP contribution in [0.5, 0.6) is 0 Å². The van der Waals surface area contributed by atoms with Crippen molar-refractivity contribution in [2.45, 2.75) is 11.8 Å². The number of amides is 1. The number of nitrogens with one attached hydrogen (secondary N) is 1. The minimum absolute atomic E-state index is 0.00439. The Morgan fingerprint density at radius 2 is 1.71 bits per heavy atom. The van der Waals surface area contributed by atoms with Gasteiger partial charge in [-0.3, -0.25) is 4.79 Å². The number of hydrogen-bond donors (Lipinski definition) is 2. The van der Waals surface area contributed by atoms with Crippen molar-refractivity contribution in [2.24, 2.45) is 0 Å². The van der Waals surface area contributed by atoms with Crippen molar-refractivity contribution in [1.82, 2.24) is 5.32 Å². The number of aliphatic hydroxyl groups is 1. The molecule has 2 N–H and O–H groups in total. The van der Waals surface area contributed by atoms with Crippen LogP contribution in [-0.4, -0.2) is 23.7 Å². The Morgan fingerprint density at radius 1 is 1.08 bits per heavy atom. The summed E-state index contributed by atoms with van der Waals surface area (Å²) in [5.74, 6) is -0.852. The van der Waals surface area contributed by atoms with Gasteiger partial charge >= 0.3 is 6.18 Å². The second-order valence-corrected chi connectivity index (χ2v) is 5.87. The minimum atomic E-state index is -4.98. The number of halogens is 5. The van der Waals surface area contributed by atoms with Gasteiger partial charge in [-0.05, 0) is 23.8 Å². The molecule has 0 radical (unpaired) electrons. The average Bonchev–Trinajstić information content (AvgIpc) is 2.52. The van der Waals surface area contributed by atoms with Crippen LogP contribution in [0.4, 0.5) is 13.2 Å². The van der Waals surface area contributed by atoms with E-state index in [9.17, 15) is 23.1 Å². The summed E-state index contributed by atoms with van der Waals surface area (Å²) in [6, 6.07) is 10.5. The van der Waals surface area contributed by atoms with Gasteiger partial charge in [0.25, 0.3) is 5.91 Å². The van der Waals surface area contributed by atoms with E-state index in [4.69, 9.17) is 23.2 Å². The molecule has 0 saturated heterocycles. The zero-order valence-corrected chi connectivity index (χ0v) is 13.6. The van der Waals surface area contributed by atoms with Gasteiger partial charge in [0.1, 0.15) is 0 Å². The van der Waals surface area contributed by atoms with Crippen LogP contribution in [0.1, 0.15) is 15.9 Å². The molecule has 2 aromatic rings. The molecule has 0 spiro atoms. The van der Waals surface area contributed by atoms with E-state index in [-0.39, 0.29) is 21.2 Å². The third-order valence-corrected chi connectivity index (χ3v) is 3.95. The highest BCUT2D eigenvalue weighted by molar-refractivity contribution is 6.36. The average molecular weight is 378 g/mol. The van der Waals surface area contributed by atoms with Gasteiger partial charge in [0, 0.05) is 5.02 Å². The van der Waals surface area contributed by atoms with Gasteiger partial charge in [-0.1, -0.05) is 53.5 Å². The van der Waals surface area contributed by atoms with Gasteiger partial charge in [0.05, 0.1) is 17.1 Å². The zero-order valence-electron chi connectivity index (χ0n) is 12.1. The summed E-state index contributed by atoms with van der Waals surface area (Å²) in [5, 5.41) is 12.5. The number of rotatable bonds is 4. The monoisotopic (exact) mass is 377 g/mol. The van der Waals surface area contributed by atoms with E-state index >= 15 is 0 Å². The van der Waals surface area contributed by atoms with Crippen molar-refractivity contribution in [1.29, 1.82) is 0 Å². The molecule has 1 atom stereocenters. The Balaban J connectivity index is 2.24. The smallest absolute Gasteiger partial charge is 0.375 e. The van der Waals surface area contributed by atoms with Crippen molar-refractivity contribution in [3.63, 3.8) is 0 Å². The van der Waals surface area contributed by atoms with Crippen LogP contribution in [0.2, 0.25) is 10.0 Å². The van der Waals surface area contributed by atoms with E-state index < -0.39 is 24.2 Å². The summed E-state index contributed by atoms with van der Waals surface area (Å²) in [6.07, 6.45) is -4.98. The quantitative estimate of drug-likeness (QED) is 0.839. The molecule has 0 aliphatic carbocycles. The van der Waals surface area contributed by atoms with E-state index in [1.807, 2.05) is 0 Å². The topological polar surface area (TPSA) is 49.3 Å². The molecular formula is C16H12Cl2F3NO2. The second-order valence-electron chi connectivity index (χ2n) is 5.03. The zero-order chi connectivity index (χ0) is 18.0. The third-order valence-electron chi connectivity index (χ3n) is 3.40. The van der Waals surface area contributed by atoms with Gasteiger partial charge < -0.3 is 10.4 Å². The van der Waals surface area contributed by atoms with Crippen molar-refractivity contribution < 1.29 is 23.1 Å². The van der Waals surface area contributed by atoms with Crippen LogP contribution < -0.4 is 5.32 Å². The highest BCUT2D eigenvalue weighted by atomic mass is 35.5. The SMILES string of the molecule is O=C(NCC(O)(c1ccccc1)C(F)(F)F)c1ccc(Cl)cc1Cl. The van der Waals surface area contributed by atoms with Crippen LogP contribution in [0.3, 0.4) is 0 Å². The first-order valence-corrected chi connectivity index (χ1v) is 7.48. The van der Waals surface area contributed by atoms with Gasteiger partial charge in [-0.2, -0.15) is 13.2 Å². The highest BCUT2D eigenvalue weighted by Crippen LogP contribution is 2.38. The molecule has 0 aliphatic heterocycles. The Morgan fingerprint density at radius 3 is 2.25 bits per heavy atom. The molecule has 0 heterocycles. The standard InChI is InChI=1S/C16H12Cl2F3NO2/c17-11-6-7-12(13(18)8-11)14(23)22-9-15(24,16(19,20)21)10-4-2-1-3-5-10/h1-8,24H,9H2,(H,22,23). The van der Waals surface area contributed by atoms with E-state index in [0.29, 0.717) is 0 Å². The molecule has 128 valence electrons. The Labute approximate surface area is 146 Å². The lowest BCUT2D eigenvalue weighted by Crippen LogP contribution is -2.51. The maximum Gasteiger partial charge on any atom is 0.423 e. The van der Waals surface area contributed by atoms with Crippen molar-refractivity contribution >= 4 is 29.1 Å². The van der Waals surface area contributed by atoms with Crippen molar-refractivity contribution in [2.75, 3.05) is 6.54 Å². The lowest BCUT2D eigenvalue weighted by molar-refractivity contribution is -0.263. The molecule has 0 saturated carbocycles. The normalized spacial score (nSPS) is 14.1. The molecule has 8 heteroatoms. The molecule has 0 fully saturated rings. The molecule has 0 aromatic heterocycles. The number of hydrogen-bond acceptors (Lipinski definition) is 2. The predicted octanol–water partition coefficient (Wildman–Crippen LogP) is 4.17. The molecular weight excluding hydrogens is 366 g/mol. The summed E-state index contributed by atoms with van der Waals surface area (Å²) in [6.45, 7) is -1.06. The molecule has 2 rings (SSSR count). The predicted molar refractivity (Wildman–Crippen MR) is 85.2 cm³/mol. The minimum Gasteiger partial charge on any atom is -0.375 e. The first-order chi connectivity index (χ1) is 11.1. The third kappa shape index (κ3) is 3.83. The summed E-state index contributed by atoms with van der Waals surface area (Å²) in [5.41, 5.74) is -3.64. The fourth-order valence-electron chi connectivity index (χ4n) is 2.06. The molecule has 0 bridgehead atoms. The second kappa shape index (κ2) is 7.01. The lowest BCUT2D eigenvalue weighted by Gasteiger charge is -2.31. The van der Waals surface area contributed by atoms with Crippen molar-refractivity contribution in [3.8, 4) is 0 Å². The maximum atomic E-state index is 13.3. The largest absolute Gasteiger partial charge is 0.423 e. The Bertz CT molecular complexity index is 738. The van der Waals surface area contributed by atoms with Crippen LogP contribution in [0.25, 0.3) is 0 Å². The maximum absolute atomic E-state index is 13.3. The first kappa shape index (κ1) is 18.6. The number of carbonyl (C=O) groups excluding carboxylic acids is 1. The van der Waals surface area contributed by atoms with Crippen molar-refractivity contribution in [3.05, 3.63) is 69.7 Å². The van der Waals surface area contributed by atoms with Gasteiger partial charge in [-0.25, -0.2) is 0 Å². The summed E-state index contributed by atoms with van der Waals surface area (Å²) in [7, 11) is 0. The fourth-order valence-corrected chi connectivity index (χ4v) is 2.55.